The maximum atomic E-state index is 12.0. The van der Waals surface area contributed by atoms with Crippen LogP contribution in [0.3, 0.4) is 0 Å². The zero-order valence-corrected chi connectivity index (χ0v) is 11.5. The van der Waals surface area contributed by atoms with Crippen molar-refractivity contribution in [3.05, 3.63) is 24.3 Å². The van der Waals surface area contributed by atoms with Gasteiger partial charge in [0.05, 0.1) is 6.54 Å². The summed E-state index contributed by atoms with van der Waals surface area (Å²) in [6.07, 6.45) is 1.57. The van der Waals surface area contributed by atoms with Crippen molar-refractivity contribution in [3.8, 4) is 0 Å². The Kier molecular flexibility index (Phi) is 3.60. The molecule has 1 fully saturated rings. The number of hydrogen-bond acceptors (Lipinski definition) is 4. The highest BCUT2D eigenvalue weighted by atomic mass is 79.9. The topological polar surface area (TPSA) is 59.1 Å². The van der Waals surface area contributed by atoms with Gasteiger partial charge in [0.2, 0.25) is 5.91 Å². The van der Waals surface area contributed by atoms with Gasteiger partial charge in [0, 0.05) is 7.05 Å². The summed E-state index contributed by atoms with van der Waals surface area (Å²) in [4.78, 5) is 25.8. The minimum Gasteiger partial charge on any atom is -0.462 e. The van der Waals surface area contributed by atoms with Crippen molar-refractivity contribution in [3.63, 3.8) is 0 Å². The van der Waals surface area contributed by atoms with Crippen LogP contribution in [0, 0.1) is 0 Å². The van der Waals surface area contributed by atoms with Crippen molar-refractivity contribution in [1.29, 1.82) is 0 Å². The standard InChI is InChI=1S/C11H13BrN2O4/c1-3-5-17-10-8-7(12)9(15)13(2)11(16)14(8)4-6-18-10/h3,7H,1,4-6H2,2H3. The Morgan fingerprint density at radius 3 is 3.00 bits per heavy atom. The normalized spacial score (nSPS) is 23.8. The predicted molar refractivity (Wildman–Crippen MR) is 66.7 cm³/mol. The fourth-order valence-electron chi connectivity index (χ4n) is 1.79. The number of urea groups is 1. The van der Waals surface area contributed by atoms with Crippen molar-refractivity contribution in [1.82, 2.24) is 9.80 Å². The van der Waals surface area contributed by atoms with Gasteiger partial charge in [-0.3, -0.25) is 14.6 Å². The first-order valence-electron chi connectivity index (χ1n) is 5.41. The summed E-state index contributed by atoms with van der Waals surface area (Å²) in [7, 11) is 1.45. The van der Waals surface area contributed by atoms with E-state index in [2.05, 4.69) is 22.5 Å². The molecule has 2 rings (SSSR count). The lowest BCUT2D eigenvalue weighted by Gasteiger charge is -2.39. The molecule has 0 spiro atoms. The van der Waals surface area contributed by atoms with E-state index in [0.29, 0.717) is 18.8 Å². The number of ether oxygens (including phenoxy) is 2. The molecular weight excluding hydrogens is 304 g/mol. The summed E-state index contributed by atoms with van der Waals surface area (Å²) >= 11 is 3.27. The summed E-state index contributed by atoms with van der Waals surface area (Å²) in [5.74, 6) is -0.130. The molecule has 7 heteroatoms. The highest BCUT2D eigenvalue weighted by molar-refractivity contribution is 9.10. The van der Waals surface area contributed by atoms with Gasteiger partial charge in [0.1, 0.15) is 23.7 Å². The third-order valence-electron chi connectivity index (χ3n) is 2.69. The SMILES string of the molecule is C=CCOC1=C2C(Br)C(=O)N(C)C(=O)N2CCO1. The van der Waals surface area contributed by atoms with Crippen molar-refractivity contribution in [2.75, 3.05) is 26.8 Å². The van der Waals surface area contributed by atoms with E-state index in [1.807, 2.05) is 0 Å². The van der Waals surface area contributed by atoms with Crippen LogP contribution in [-0.4, -0.2) is 53.4 Å². The molecule has 2 heterocycles. The lowest BCUT2D eigenvalue weighted by molar-refractivity contribution is -0.128. The molecule has 0 bridgehead atoms. The maximum absolute atomic E-state index is 12.0. The number of carbonyl (C=O) groups excluding carboxylic acids is 2. The van der Waals surface area contributed by atoms with Gasteiger partial charge in [-0.15, -0.1) is 0 Å². The summed E-state index contributed by atoms with van der Waals surface area (Å²) in [5, 5.41) is 0. The zero-order chi connectivity index (χ0) is 13.3. The van der Waals surface area contributed by atoms with E-state index in [-0.39, 0.29) is 24.5 Å². The number of fused-ring (bicyclic) bond motifs is 1. The molecule has 2 aliphatic heterocycles. The Morgan fingerprint density at radius 2 is 2.33 bits per heavy atom. The monoisotopic (exact) mass is 316 g/mol. The summed E-state index contributed by atoms with van der Waals surface area (Å²) in [6.45, 7) is 4.53. The van der Waals surface area contributed by atoms with Gasteiger partial charge in [0.15, 0.2) is 0 Å². The van der Waals surface area contributed by atoms with Crippen molar-refractivity contribution >= 4 is 27.9 Å². The third kappa shape index (κ3) is 1.98. The van der Waals surface area contributed by atoms with Gasteiger partial charge < -0.3 is 9.47 Å². The van der Waals surface area contributed by atoms with Crippen molar-refractivity contribution in [2.45, 2.75) is 4.83 Å². The lowest BCUT2D eigenvalue weighted by atomic mass is 10.2. The third-order valence-corrected chi connectivity index (χ3v) is 3.51. The molecule has 6 nitrogen and oxygen atoms in total. The van der Waals surface area contributed by atoms with E-state index in [4.69, 9.17) is 9.47 Å². The first kappa shape index (κ1) is 12.9. The first-order valence-corrected chi connectivity index (χ1v) is 6.33. The number of amides is 3. The van der Waals surface area contributed by atoms with E-state index in [0.717, 1.165) is 4.90 Å². The van der Waals surface area contributed by atoms with Gasteiger partial charge in [-0.1, -0.05) is 28.6 Å². The van der Waals surface area contributed by atoms with Gasteiger partial charge in [0.25, 0.3) is 0 Å². The molecule has 0 aromatic carbocycles. The Bertz CT molecular complexity index is 435. The van der Waals surface area contributed by atoms with Crippen LogP contribution in [-0.2, 0) is 14.3 Å². The predicted octanol–water partition coefficient (Wildman–Crippen LogP) is 1.05. The fourth-order valence-corrected chi connectivity index (χ4v) is 2.53. The van der Waals surface area contributed by atoms with Gasteiger partial charge in [-0.2, -0.15) is 0 Å². The lowest BCUT2D eigenvalue weighted by Crippen LogP contribution is -2.56. The van der Waals surface area contributed by atoms with E-state index < -0.39 is 4.83 Å². The van der Waals surface area contributed by atoms with Crippen LogP contribution in [0.25, 0.3) is 0 Å². The zero-order valence-electron chi connectivity index (χ0n) is 9.89. The fraction of sp³-hybridized carbons (Fsp3) is 0.455. The van der Waals surface area contributed by atoms with Crippen LogP contribution >= 0.6 is 15.9 Å². The average molecular weight is 317 g/mol. The van der Waals surface area contributed by atoms with E-state index in [1.54, 1.807) is 6.08 Å². The number of alkyl halides is 1. The Labute approximate surface area is 113 Å². The first-order chi connectivity index (χ1) is 8.57. The Balaban J connectivity index is 2.38. The number of imide groups is 1. The van der Waals surface area contributed by atoms with E-state index in [1.165, 1.54) is 11.9 Å². The molecule has 0 N–H and O–H groups in total. The quantitative estimate of drug-likeness (QED) is 0.577. The second-order valence-electron chi connectivity index (χ2n) is 3.81. The number of nitrogens with zero attached hydrogens (tertiary/aromatic N) is 2. The smallest absolute Gasteiger partial charge is 0.331 e. The molecule has 0 saturated carbocycles. The van der Waals surface area contributed by atoms with Gasteiger partial charge >= 0.3 is 12.0 Å². The van der Waals surface area contributed by atoms with E-state index in [9.17, 15) is 9.59 Å². The molecular formula is C11H13BrN2O4. The minimum atomic E-state index is -0.639. The molecule has 1 saturated heterocycles. The molecule has 1 atom stereocenters. The number of rotatable bonds is 3. The highest BCUT2D eigenvalue weighted by Gasteiger charge is 2.44. The van der Waals surface area contributed by atoms with Crippen molar-refractivity contribution in [2.24, 2.45) is 0 Å². The minimum absolute atomic E-state index is 0.206. The molecule has 18 heavy (non-hydrogen) atoms. The van der Waals surface area contributed by atoms with Crippen LogP contribution < -0.4 is 0 Å². The largest absolute Gasteiger partial charge is 0.462 e. The molecule has 3 amide bonds. The number of carbonyl (C=O) groups is 2. The molecule has 0 aliphatic carbocycles. The summed E-state index contributed by atoms with van der Waals surface area (Å²) < 4.78 is 10.7. The van der Waals surface area contributed by atoms with Crippen molar-refractivity contribution < 1.29 is 19.1 Å². The van der Waals surface area contributed by atoms with Crippen LogP contribution in [0.15, 0.2) is 24.3 Å². The number of hydrogen-bond donors (Lipinski definition) is 0. The second kappa shape index (κ2) is 5.01. The Hall–Kier alpha value is -1.50. The van der Waals surface area contributed by atoms with Gasteiger partial charge in [-0.05, 0) is 0 Å². The highest BCUT2D eigenvalue weighted by Crippen LogP contribution is 2.31. The van der Waals surface area contributed by atoms with Crippen LogP contribution in [0.1, 0.15) is 0 Å². The van der Waals surface area contributed by atoms with Crippen LogP contribution in [0.2, 0.25) is 0 Å². The molecule has 0 aromatic heterocycles. The maximum Gasteiger partial charge on any atom is 0.331 e. The molecule has 98 valence electrons. The second-order valence-corrected chi connectivity index (χ2v) is 4.73. The number of halogens is 1. The van der Waals surface area contributed by atoms with E-state index >= 15 is 0 Å². The van der Waals surface area contributed by atoms with Crippen LogP contribution in [0.5, 0.6) is 0 Å². The Morgan fingerprint density at radius 1 is 1.61 bits per heavy atom. The molecule has 0 aromatic rings. The summed E-state index contributed by atoms with van der Waals surface area (Å²) in [5.41, 5.74) is 0.427. The van der Waals surface area contributed by atoms with Gasteiger partial charge in [-0.25, -0.2) is 4.79 Å². The summed E-state index contributed by atoms with van der Waals surface area (Å²) in [6, 6.07) is -0.367. The van der Waals surface area contributed by atoms with Crippen LogP contribution in [0.4, 0.5) is 4.79 Å². The molecule has 1 unspecified atom stereocenters. The molecule has 0 radical (unpaired) electrons. The average Bonchev–Trinajstić information content (AvgIpc) is 2.40. The molecule has 2 aliphatic rings.